The maximum atomic E-state index is 13.6. The Labute approximate surface area is 96.1 Å². The quantitative estimate of drug-likeness (QED) is 0.604. The molecule has 0 heterocycles. The first-order valence-electron chi connectivity index (χ1n) is 5.59. The van der Waals surface area contributed by atoms with Gasteiger partial charge in [-0.3, -0.25) is 0 Å². The molecule has 0 unspecified atom stereocenters. The summed E-state index contributed by atoms with van der Waals surface area (Å²) in [6, 6.07) is 9.30. The zero-order valence-corrected chi connectivity index (χ0v) is 10.3. The van der Waals surface area contributed by atoms with Gasteiger partial charge in [0.05, 0.1) is 0 Å². The maximum absolute atomic E-state index is 13.6. The van der Waals surface area contributed by atoms with Crippen LogP contribution in [0.25, 0.3) is 10.8 Å². The van der Waals surface area contributed by atoms with E-state index in [2.05, 4.69) is 33.8 Å². The average molecular weight is 216 g/mol. The number of hydrogen-bond donors (Lipinski definition) is 0. The van der Waals surface area contributed by atoms with Crippen molar-refractivity contribution in [3.8, 4) is 0 Å². The summed E-state index contributed by atoms with van der Waals surface area (Å²) in [4.78, 5) is 0. The van der Waals surface area contributed by atoms with Gasteiger partial charge in [0.15, 0.2) is 0 Å². The molecule has 0 amide bonds. The highest BCUT2D eigenvalue weighted by atomic mass is 19.1. The summed E-state index contributed by atoms with van der Waals surface area (Å²) < 4.78 is 13.6. The third kappa shape index (κ3) is 1.82. The van der Waals surface area contributed by atoms with Gasteiger partial charge < -0.3 is 0 Å². The van der Waals surface area contributed by atoms with Crippen LogP contribution in [0.1, 0.15) is 31.9 Å². The van der Waals surface area contributed by atoms with E-state index in [1.165, 1.54) is 10.9 Å². The van der Waals surface area contributed by atoms with Crippen LogP contribution in [0, 0.1) is 12.7 Å². The molecular formula is C15H17F. The third-order valence-corrected chi connectivity index (χ3v) is 2.96. The Morgan fingerprint density at radius 1 is 1.06 bits per heavy atom. The predicted molar refractivity (Wildman–Crippen MR) is 67.3 cm³/mol. The molecule has 0 aliphatic carbocycles. The first kappa shape index (κ1) is 11.1. The van der Waals surface area contributed by atoms with Gasteiger partial charge in [-0.05, 0) is 46.4 Å². The van der Waals surface area contributed by atoms with E-state index in [9.17, 15) is 4.39 Å². The number of halogens is 1. The molecule has 0 fully saturated rings. The number of fused-ring (bicyclic) bond motifs is 1. The minimum atomic E-state index is -0.150. The molecule has 0 nitrogen and oxygen atoms in total. The van der Waals surface area contributed by atoms with Crippen LogP contribution in [0.5, 0.6) is 0 Å². The SMILES string of the molecule is Cc1cccc2cc(F)cc(C(C)(C)C)c12. The molecule has 0 spiro atoms. The van der Waals surface area contributed by atoms with Gasteiger partial charge in [0.1, 0.15) is 5.82 Å². The fraction of sp³-hybridized carbons (Fsp3) is 0.333. The second-order valence-corrected chi connectivity index (χ2v) is 5.38. The minimum absolute atomic E-state index is 0.0353. The lowest BCUT2D eigenvalue weighted by Crippen LogP contribution is -2.12. The third-order valence-electron chi connectivity index (χ3n) is 2.96. The van der Waals surface area contributed by atoms with Crippen LogP contribution in [0.2, 0.25) is 0 Å². The highest BCUT2D eigenvalue weighted by Crippen LogP contribution is 2.32. The standard InChI is InChI=1S/C15H17F/c1-10-6-5-7-11-8-12(16)9-13(14(10)11)15(2,3)4/h5-9H,1-4H3. The maximum Gasteiger partial charge on any atom is 0.124 e. The normalized spacial score (nSPS) is 12.1. The van der Waals surface area contributed by atoms with Crippen LogP contribution in [-0.2, 0) is 5.41 Å². The van der Waals surface area contributed by atoms with E-state index in [0.29, 0.717) is 0 Å². The van der Waals surface area contributed by atoms with E-state index in [0.717, 1.165) is 10.9 Å². The van der Waals surface area contributed by atoms with Gasteiger partial charge in [-0.25, -0.2) is 4.39 Å². The van der Waals surface area contributed by atoms with Gasteiger partial charge in [-0.15, -0.1) is 0 Å². The summed E-state index contributed by atoms with van der Waals surface area (Å²) in [5, 5.41) is 2.18. The van der Waals surface area contributed by atoms with Gasteiger partial charge in [0.2, 0.25) is 0 Å². The van der Waals surface area contributed by atoms with Crippen LogP contribution in [0.3, 0.4) is 0 Å². The topological polar surface area (TPSA) is 0 Å². The Morgan fingerprint density at radius 3 is 2.38 bits per heavy atom. The van der Waals surface area contributed by atoms with Crippen LogP contribution >= 0.6 is 0 Å². The van der Waals surface area contributed by atoms with Gasteiger partial charge >= 0.3 is 0 Å². The summed E-state index contributed by atoms with van der Waals surface area (Å²) >= 11 is 0. The van der Waals surface area contributed by atoms with E-state index in [-0.39, 0.29) is 11.2 Å². The number of rotatable bonds is 0. The molecule has 2 aromatic carbocycles. The highest BCUT2D eigenvalue weighted by Gasteiger charge is 2.18. The number of aryl methyl sites for hydroxylation is 1. The van der Waals surface area contributed by atoms with Crippen LogP contribution in [0.15, 0.2) is 30.3 Å². The van der Waals surface area contributed by atoms with Gasteiger partial charge in [0.25, 0.3) is 0 Å². The highest BCUT2D eigenvalue weighted by molar-refractivity contribution is 5.89. The smallest absolute Gasteiger partial charge is 0.124 e. The minimum Gasteiger partial charge on any atom is -0.207 e. The molecular weight excluding hydrogens is 199 g/mol. The van der Waals surface area contributed by atoms with Crippen molar-refractivity contribution >= 4 is 10.8 Å². The number of hydrogen-bond acceptors (Lipinski definition) is 0. The van der Waals surface area contributed by atoms with Gasteiger partial charge in [-0.1, -0.05) is 39.0 Å². The van der Waals surface area contributed by atoms with Crippen molar-refractivity contribution in [1.82, 2.24) is 0 Å². The molecule has 0 atom stereocenters. The Morgan fingerprint density at radius 2 is 1.75 bits per heavy atom. The van der Waals surface area contributed by atoms with Crippen molar-refractivity contribution < 1.29 is 4.39 Å². The zero-order chi connectivity index (χ0) is 11.9. The Bertz CT molecular complexity index is 533. The molecule has 2 rings (SSSR count). The summed E-state index contributed by atoms with van der Waals surface area (Å²) in [7, 11) is 0. The van der Waals surface area contributed by atoms with Crippen molar-refractivity contribution in [3.05, 3.63) is 47.3 Å². The van der Waals surface area contributed by atoms with E-state index in [1.807, 2.05) is 12.1 Å². The van der Waals surface area contributed by atoms with Crippen LogP contribution < -0.4 is 0 Å². The molecule has 0 bridgehead atoms. The molecule has 0 radical (unpaired) electrons. The summed E-state index contributed by atoms with van der Waals surface area (Å²) in [6.45, 7) is 8.43. The first-order valence-corrected chi connectivity index (χ1v) is 5.59. The molecule has 0 aliphatic rings. The number of benzene rings is 2. The van der Waals surface area contributed by atoms with Crippen LogP contribution in [-0.4, -0.2) is 0 Å². The summed E-state index contributed by atoms with van der Waals surface area (Å²) in [5.74, 6) is -0.150. The monoisotopic (exact) mass is 216 g/mol. The Balaban J connectivity index is 2.91. The molecule has 0 saturated heterocycles. The largest absolute Gasteiger partial charge is 0.207 e. The van der Waals surface area contributed by atoms with Gasteiger partial charge in [0, 0.05) is 0 Å². The van der Waals surface area contributed by atoms with E-state index in [1.54, 1.807) is 12.1 Å². The van der Waals surface area contributed by atoms with Crippen molar-refractivity contribution in [2.75, 3.05) is 0 Å². The molecule has 0 saturated carbocycles. The first-order chi connectivity index (χ1) is 7.39. The average Bonchev–Trinajstić information content (AvgIpc) is 2.15. The predicted octanol–water partition coefficient (Wildman–Crippen LogP) is 4.58. The van der Waals surface area contributed by atoms with Crippen molar-refractivity contribution in [1.29, 1.82) is 0 Å². The van der Waals surface area contributed by atoms with Crippen molar-refractivity contribution in [2.24, 2.45) is 0 Å². The molecule has 2 aromatic rings. The summed E-state index contributed by atoms with van der Waals surface area (Å²) in [5.41, 5.74) is 2.26. The fourth-order valence-corrected chi connectivity index (χ4v) is 2.17. The van der Waals surface area contributed by atoms with E-state index >= 15 is 0 Å². The lowest BCUT2D eigenvalue weighted by molar-refractivity contribution is 0.578. The molecule has 84 valence electrons. The second-order valence-electron chi connectivity index (χ2n) is 5.38. The lowest BCUT2D eigenvalue weighted by Gasteiger charge is -2.22. The van der Waals surface area contributed by atoms with Crippen molar-refractivity contribution in [3.63, 3.8) is 0 Å². The molecule has 0 aromatic heterocycles. The lowest BCUT2D eigenvalue weighted by atomic mass is 9.82. The second kappa shape index (κ2) is 3.58. The molecule has 0 aliphatic heterocycles. The van der Waals surface area contributed by atoms with E-state index < -0.39 is 0 Å². The Hall–Kier alpha value is -1.37. The molecule has 1 heteroatoms. The van der Waals surface area contributed by atoms with Crippen molar-refractivity contribution in [2.45, 2.75) is 33.1 Å². The van der Waals surface area contributed by atoms with Gasteiger partial charge in [-0.2, -0.15) is 0 Å². The fourth-order valence-electron chi connectivity index (χ4n) is 2.17. The molecule has 16 heavy (non-hydrogen) atoms. The Kier molecular flexibility index (Phi) is 2.49. The zero-order valence-electron chi connectivity index (χ0n) is 10.3. The molecule has 0 N–H and O–H groups in total. The van der Waals surface area contributed by atoms with E-state index in [4.69, 9.17) is 0 Å². The summed E-state index contributed by atoms with van der Waals surface area (Å²) in [6.07, 6.45) is 0. The van der Waals surface area contributed by atoms with Crippen LogP contribution in [0.4, 0.5) is 4.39 Å².